The molecule has 5 aromatic carbocycles. The number of rotatable bonds is 18. The second-order valence-electron chi connectivity index (χ2n) is 12.0. The van der Waals surface area contributed by atoms with Crippen molar-refractivity contribution in [3.05, 3.63) is 156 Å². The molecule has 50 heavy (non-hydrogen) atoms. The van der Waals surface area contributed by atoms with E-state index < -0.39 is 0 Å². The Hall–Kier alpha value is -5.34. The number of Topliss-reactive ketones (excluding diaryl/α,β-unsaturated/α-hetero) is 1. The molecule has 2 N–H and O–H groups in total. The predicted octanol–water partition coefficient (Wildman–Crippen LogP) is 8.47. The lowest BCUT2D eigenvalue weighted by Crippen LogP contribution is -2.12. The zero-order valence-corrected chi connectivity index (χ0v) is 28.2. The van der Waals surface area contributed by atoms with Gasteiger partial charge in [0.2, 0.25) is 0 Å². The van der Waals surface area contributed by atoms with E-state index in [1.807, 2.05) is 78.9 Å². The van der Waals surface area contributed by atoms with Gasteiger partial charge in [0.15, 0.2) is 5.78 Å². The number of carbonyl (C=O) groups excluding carboxylic acids is 1. The van der Waals surface area contributed by atoms with E-state index in [0.29, 0.717) is 64.5 Å². The summed E-state index contributed by atoms with van der Waals surface area (Å²) < 4.78 is 19.3. The molecule has 7 heteroatoms. The Balaban J connectivity index is 1.25. The van der Waals surface area contributed by atoms with Crippen molar-refractivity contribution in [2.24, 2.45) is 5.73 Å². The number of hydrogen-bond donors (Lipinski definition) is 1. The minimum Gasteiger partial charge on any atom is -0.489 e. The average Bonchev–Trinajstić information content (AvgIpc) is 3.55. The van der Waals surface area contributed by atoms with Crippen molar-refractivity contribution in [2.75, 3.05) is 33.0 Å². The summed E-state index contributed by atoms with van der Waals surface area (Å²) in [5.41, 5.74) is 13.4. The normalized spacial score (nSPS) is 11.1. The Morgan fingerprint density at radius 3 is 1.90 bits per heavy atom. The topological polar surface area (TPSA) is 88.6 Å². The highest BCUT2D eigenvalue weighted by Crippen LogP contribution is 2.37. The maximum atomic E-state index is 13.0. The van der Waals surface area contributed by atoms with Crippen molar-refractivity contribution in [3.8, 4) is 39.7 Å². The Morgan fingerprint density at radius 1 is 0.620 bits per heavy atom. The van der Waals surface area contributed by atoms with Gasteiger partial charge in [0, 0.05) is 48.4 Å². The third-order valence-electron chi connectivity index (χ3n) is 8.37. The SMILES string of the molecule is NCCOCCOCCCC(=O)c1ccc(Cn2c(-c3ccc(OCc4ccccc4)cc3)nc(-c3ccccc3)c2-c2ccccc2)cc1. The number of benzene rings is 5. The molecule has 0 saturated carbocycles. The van der Waals surface area contributed by atoms with Gasteiger partial charge in [0.1, 0.15) is 18.2 Å². The summed E-state index contributed by atoms with van der Waals surface area (Å²) >= 11 is 0. The largest absolute Gasteiger partial charge is 0.489 e. The van der Waals surface area contributed by atoms with Crippen molar-refractivity contribution in [2.45, 2.75) is 26.0 Å². The highest BCUT2D eigenvalue weighted by Gasteiger charge is 2.21. The summed E-state index contributed by atoms with van der Waals surface area (Å²) in [7, 11) is 0. The van der Waals surface area contributed by atoms with E-state index in [0.717, 1.165) is 50.8 Å². The highest BCUT2D eigenvalue weighted by molar-refractivity contribution is 5.96. The summed E-state index contributed by atoms with van der Waals surface area (Å²) in [5, 5.41) is 0. The first kappa shape index (κ1) is 34.5. The maximum absolute atomic E-state index is 13.0. The van der Waals surface area contributed by atoms with Gasteiger partial charge in [-0.2, -0.15) is 0 Å². The maximum Gasteiger partial charge on any atom is 0.162 e. The lowest BCUT2D eigenvalue weighted by molar-refractivity contribution is 0.0489. The number of nitrogens with two attached hydrogens (primary N) is 1. The molecular weight excluding hydrogens is 622 g/mol. The number of imidazole rings is 1. The molecule has 0 amide bonds. The molecule has 0 radical (unpaired) electrons. The van der Waals surface area contributed by atoms with E-state index in [1.54, 1.807) is 0 Å². The van der Waals surface area contributed by atoms with E-state index in [4.69, 9.17) is 24.9 Å². The van der Waals surface area contributed by atoms with Crippen LogP contribution in [0.5, 0.6) is 5.75 Å². The third-order valence-corrected chi connectivity index (χ3v) is 8.37. The van der Waals surface area contributed by atoms with Crippen LogP contribution >= 0.6 is 0 Å². The van der Waals surface area contributed by atoms with Crippen LogP contribution in [0.3, 0.4) is 0 Å². The molecule has 7 nitrogen and oxygen atoms in total. The predicted molar refractivity (Wildman–Crippen MR) is 199 cm³/mol. The molecule has 0 spiro atoms. The van der Waals surface area contributed by atoms with E-state index in [1.165, 1.54) is 0 Å². The van der Waals surface area contributed by atoms with E-state index in [2.05, 4.69) is 65.2 Å². The summed E-state index contributed by atoms with van der Waals surface area (Å²) in [6, 6.07) is 46.9. The minimum atomic E-state index is 0.105. The molecule has 0 aliphatic rings. The van der Waals surface area contributed by atoms with Gasteiger partial charge < -0.3 is 24.5 Å². The first-order valence-corrected chi connectivity index (χ1v) is 17.2. The summed E-state index contributed by atoms with van der Waals surface area (Å²) in [4.78, 5) is 18.3. The molecular formula is C43H43N3O4. The number of carbonyl (C=O) groups is 1. The summed E-state index contributed by atoms with van der Waals surface area (Å²) in [6.45, 7) is 3.63. The van der Waals surface area contributed by atoms with Crippen molar-refractivity contribution in [1.82, 2.24) is 9.55 Å². The smallest absolute Gasteiger partial charge is 0.162 e. The standard InChI is InChI=1S/C43H43N3O4/c44-26-28-49-30-29-48-27-10-17-40(47)35-20-18-33(19-21-35)31-46-42(37-15-8-3-9-16-37)41(36-13-6-2-7-14-36)45-43(46)38-22-24-39(25-23-38)50-32-34-11-4-1-5-12-34/h1-9,11-16,18-25H,10,17,26-32,44H2. The van der Waals surface area contributed by atoms with Gasteiger partial charge in [-0.3, -0.25) is 4.79 Å². The Bertz CT molecular complexity index is 1910. The fourth-order valence-corrected chi connectivity index (χ4v) is 5.82. The van der Waals surface area contributed by atoms with Gasteiger partial charge >= 0.3 is 0 Å². The van der Waals surface area contributed by atoms with Gasteiger partial charge in [-0.15, -0.1) is 0 Å². The van der Waals surface area contributed by atoms with Crippen LogP contribution in [0.1, 0.15) is 34.3 Å². The van der Waals surface area contributed by atoms with Gasteiger partial charge in [-0.25, -0.2) is 4.98 Å². The quantitative estimate of drug-likeness (QED) is 0.0732. The van der Waals surface area contributed by atoms with Crippen LogP contribution < -0.4 is 10.5 Å². The second-order valence-corrected chi connectivity index (χ2v) is 12.0. The molecule has 0 fully saturated rings. The minimum absolute atomic E-state index is 0.105. The van der Waals surface area contributed by atoms with Gasteiger partial charge in [0.05, 0.1) is 31.2 Å². The van der Waals surface area contributed by atoms with Gasteiger partial charge in [0.25, 0.3) is 0 Å². The molecule has 1 heterocycles. The number of hydrogen-bond acceptors (Lipinski definition) is 6. The van der Waals surface area contributed by atoms with Crippen LogP contribution in [0.15, 0.2) is 140 Å². The second kappa shape index (κ2) is 17.9. The molecule has 0 aliphatic heterocycles. The van der Waals surface area contributed by atoms with E-state index in [9.17, 15) is 4.79 Å². The van der Waals surface area contributed by atoms with Crippen LogP contribution in [0, 0.1) is 0 Å². The lowest BCUT2D eigenvalue weighted by Gasteiger charge is -2.15. The van der Waals surface area contributed by atoms with Crippen LogP contribution in [0.2, 0.25) is 0 Å². The fourth-order valence-electron chi connectivity index (χ4n) is 5.82. The lowest BCUT2D eigenvalue weighted by atomic mass is 10.0. The number of ether oxygens (including phenoxy) is 3. The molecule has 0 unspecified atom stereocenters. The van der Waals surface area contributed by atoms with Crippen LogP contribution in [0.25, 0.3) is 33.9 Å². The number of ketones is 1. The molecule has 6 rings (SSSR count). The van der Waals surface area contributed by atoms with Gasteiger partial charge in [-0.05, 0) is 41.8 Å². The van der Waals surface area contributed by atoms with E-state index in [-0.39, 0.29) is 5.78 Å². The molecule has 0 aliphatic carbocycles. The van der Waals surface area contributed by atoms with Crippen molar-refractivity contribution in [3.63, 3.8) is 0 Å². The van der Waals surface area contributed by atoms with Gasteiger partial charge in [-0.1, -0.05) is 115 Å². The zero-order chi connectivity index (χ0) is 34.4. The summed E-state index contributed by atoms with van der Waals surface area (Å²) in [6.07, 6.45) is 1.09. The average molecular weight is 666 g/mol. The molecule has 6 aromatic rings. The molecule has 0 atom stereocenters. The summed E-state index contributed by atoms with van der Waals surface area (Å²) in [5.74, 6) is 1.75. The zero-order valence-electron chi connectivity index (χ0n) is 28.2. The fraction of sp³-hybridized carbons (Fsp3) is 0.209. The monoisotopic (exact) mass is 665 g/mol. The van der Waals surface area contributed by atoms with Crippen molar-refractivity contribution >= 4 is 5.78 Å². The molecule has 1 aromatic heterocycles. The van der Waals surface area contributed by atoms with E-state index >= 15 is 0 Å². The Labute approximate surface area is 294 Å². The molecule has 0 saturated heterocycles. The number of nitrogens with zero attached hydrogens (tertiary/aromatic N) is 2. The first-order valence-electron chi connectivity index (χ1n) is 17.2. The Kier molecular flexibility index (Phi) is 12.3. The Morgan fingerprint density at radius 2 is 1.24 bits per heavy atom. The van der Waals surface area contributed by atoms with Crippen LogP contribution in [-0.2, 0) is 22.6 Å². The third kappa shape index (κ3) is 9.21. The number of aromatic nitrogens is 2. The van der Waals surface area contributed by atoms with Crippen LogP contribution in [0.4, 0.5) is 0 Å². The van der Waals surface area contributed by atoms with Crippen molar-refractivity contribution in [1.29, 1.82) is 0 Å². The van der Waals surface area contributed by atoms with Crippen LogP contribution in [-0.4, -0.2) is 48.3 Å². The van der Waals surface area contributed by atoms with Crippen molar-refractivity contribution < 1.29 is 19.0 Å². The highest BCUT2D eigenvalue weighted by atomic mass is 16.5. The first-order chi connectivity index (χ1) is 24.7. The molecule has 0 bridgehead atoms. The molecule has 254 valence electrons.